The molecule has 0 amide bonds. The largest absolute Gasteiger partial charge is 0.396 e. The summed E-state index contributed by atoms with van der Waals surface area (Å²) in [6, 6.07) is 9.79. The van der Waals surface area contributed by atoms with Gasteiger partial charge in [-0.2, -0.15) is 0 Å². The van der Waals surface area contributed by atoms with Gasteiger partial charge in [0.2, 0.25) is 0 Å². The summed E-state index contributed by atoms with van der Waals surface area (Å²) in [6.07, 6.45) is 6.57. The fraction of sp³-hybridized carbons (Fsp3) is 0.567. The Hall–Kier alpha value is -1.73. The average molecular weight is 555 g/mol. The smallest absolute Gasteiger partial charge is 0.0969 e. The molecule has 5 rings (SSSR count). The number of ether oxygens (including phenoxy) is 1. The molecule has 1 saturated heterocycles. The van der Waals surface area contributed by atoms with Crippen molar-refractivity contribution in [3.63, 3.8) is 0 Å². The normalized spacial score (nSPS) is 18.1. The van der Waals surface area contributed by atoms with Gasteiger partial charge in [0.1, 0.15) is 0 Å². The molecule has 2 fully saturated rings. The monoisotopic (exact) mass is 553 g/mol. The van der Waals surface area contributed by atoms with Gasteiger partial charge in [-0.15, -0.1) is 0 Å². The third-order valence-corrected chi connectivity index (χ3v) is 8.57. The number of benzene rings is 1. The molecule has 3 heterocycles. The second kappa shape index (κ2) is 10.2. The number of hydrogen-bond acceptors (Lipinski definition) is 4. The molecule has 3 aromatic rings. The maximum Gasteiger partial charge on any atom is 0.0969 e. The fourth-order valence-corrected chi connectivity index (χ4v) is 6.17. The number of halogens is 1. The van der Waals surface area contributed by atoms with E-state index in [1.165, 1.54) is 53.7 Å². The van der Waals surface area contributed by atoms with Gasteiger partial charge >= 0.3 is 0 Å². The van der Waals surface area contributed by atoms with Crippen LogP contribution < -0.4 is 0 Å². The van der Waals surface area contributed by atoms with E-state index in [9.17, 15) is 5.11 Å². The van der Waals surface area contributed by atoms with Gasteiger partial charge in [0, 0.05) is 66.5 Å². The zero-order valence-electron chi connectivity index (χ0n) is 22.4. The quantitative estimate of drug-likeness (QED) is 0.316. The minimum Gasteiger partial charge on any atom is -0.396 e. The van der Waals surface area contributed by atoms with Crippen LogP contribution in [0.1, 0.15) is 63.5 Å². The molecule has 0 unspecified atom stereocenters. The Morgan fingerprint density at radius 2 is 1.97 bits per heavy atom. The van der Waals surface area contributed by atoms with Crippen molar-refractivity contribution < 1.29 is 9.84 Å². The molecule has 1 aliphatic heterocycles. The van der Waals surface area contributed by atoms with E-state index >= 15 is 0 Å². The van der Waals surface area contributed by atoms with Crippen LogP contribution in [-0.4, -0.2) is 52.4 Å². The Morgan fingerprint density at radius 3 is 2.61 bits per heavy atom. The molecule has 0 radical (unpaired) electrons. The number of likely N-dealkylation sites (tertiary alicyclic amines) is 1. The molecule has 1 N–H and O–H groups in total. The van der Waals surface area contributed by atoms with Crippen molar-refractivity contribution >= 4 is 26.8 Å². The highest BCUT2D eigenvalue weighted by atomic mass is 79.9. The number of rotatable bonds is 10. The number of aromatic nitrogens is 2. The van der Waals surface area contributed by atoms with Crippen molar-refractivity contribution in [2.75, 3.05) is 26.8 Å². The van der Waals surface area contributed by atoms with E-state index in [2.05, 4.69) is 83.6 Å². The van der Waals surface area contributed by atoms with E-state index in [-0.39, 0.29) is 18.1 Å². The molecule has 1 atom stereocenters. The summed E-state index contributed by atoms with van der Waals surface area (Å²) < 4.78 is 9.30. The first-order valence-corrected chi connectivity index (χ1v) is 14.2. The van der Waals surface area contributed by atoms with E-state index in [0.717, 1.165) is 41.2 Å². The lowest BCUT2D eigenvalue weighted by Crippen LogP contribution is -2.48. The molecule has 36 heavy (non-hydrogen) atoms. The van der Waals surface area contributed by atoms with Crippen molar-refractivity contribution in [2.45, 2.75) is 72.1 Å². The molecular weight excluding hydrogens is 514 g/mol. The summed E-state index contributed by atoms with van der Waals surface area (Å²) in [5.41, 5.74) is 6.93. The predicted molar refractivity (Wildman–Crippen MR) is 150 cm³/mol. The van der Waals surface area contributed by atoms with Gasteiger partial charge in [-0.1, -0.05) is 29.8 Å². The van der Waals surface area contributed by atoms with Crippen LogP contribution in [0.2, 0.25) is 0 Å². The van der Waals surface area contributed by atoms with Crippen molar-refractivity contribution in [3.05, 3.63) is 51.8 Å². The van der Waals surface area contributed by atoms with Crippen LogP contribution in [0, 0.1) is 11.3 Å². The van der Waals surface area contributed by atoms with Gasteiger partial charge in [-0.25, -0.2) is 0 Å². The Balaban J connectivity index is 1.64. The number of hydrogen-bond donors (Lipinski definition) is 1. The number of fused-ring (bicyclic) bond motifs is 1. The zero-order valence-corrected chi connectivity index (χ0v) is 23.9. The highest BCUT2D eigenvalue weighted by molar-refractivity contribution is 9.10. The number of aryl methyl sites for hydroxylation is 1. The van der Waals surface area contributed by atoms with Gasteiger partial charge in [0.25, 0.3) is 0 Å². The zero-order chi connectivity index (χ0) is 25.6. The van der Waals surface area contributed by atoms with Crippen molar-refractivity contribution in [3.8, 4) is 11.3 Å². The average Bonchev–Trinajstić information content (AvgIpc) is 3.63. The Morgan fingerprint density at radius 1 is 1.22 bits per heavy atom. The number of methoxy groups -OCH3 is 1. The van der Waals surface area contributed by atoms with Crippen LogP contribution >= 0.6 is 15.9 Å². The van der Waals surface area contributed by atoms with Crippen LogP contribution in [0.15, 0.2) is 34.9 Å². The van der Waals surface area contributed by atoms with E-state index in [1.54, 1.807) is 7.11 Å². The van der Waals surface area contributed by atoms with E-state index in [4.69, 9.17) is 9.72 Å². The lowest BCUT2D eigenvalue weighted by Gasteiger charge is -2.39. The molecule has 2 aromatic heterocycles. The molecule has 5 nitrogen and oxygen atoms in total. The van der Waals surface area contributed by atoms with Gasteiger partial charge < -0.3 is 14.4 Å². The van der Waals surface area contributed by atoms with Crippen LogP contribution in [-0.2, 0) is 24.1 Å². The molecule has 0 spiro atoms. The Labute approximate surface area is 224 Å². The lowest BCUT2D eigenvalue weighted by molar-refractivity contribution is 0.0918. The third kappa shape index (κ3) is 5.02. The Bertz CT molecular complexity index is 1240. The van der Waals surface area contributed by atoms with Gasteiger partial charge in [0.05, 0.1) is 17.5 Å². The van der Waals surface area contributed by atoms with Crippen LogP contribution in [0.3, 0.4) is 0 Å². The first kappa shape index (κ1) is 25.9. The lowest BCUT2D eigenvalue weighted by atomic mass is 9.84. The van der Waals surface area contributed by atoms with E-state index in [1.807, 2.05) is 0 Å². The first-order valence-electron chi connectivity index (χ1n) is 13.4. The summed E-state index contributed by atoms with van der Waals surface area (Å²) in [5.74, 6) is 0.715. The van der Waals surface area contributed by atoms with Gasteiger partial charge in [-0.3, -0.25) is 9.88 Å². The standard InChI is InChI=1S/C30H40BrN3O2/c1-6-34-27-10-7-22(31)13-24(27)26(14-30(3,4)18-35)29(34)25-12-20(15-32-28(25)19(2)36-5)11-21-16-33(17-21)23-8-9-23/h7,10,12-13,15,19,21,23,35H,6,8-9,11,14,16-18H2,1-5H3/t19-/m0/s1. The predicted octanol–water partition coefficient (Wildman–Crippen LogP) is 6.39. The summed E-state index contributed by atoms with van der Waals surface area (Å²) in [6.45, 7) is 12.0. The maximum absolute atomic E-state index is 10.2. The molecule has 6 heteroatoms. The van der Waals surface area contributed by atoms with Crippen molar-refractivity contribution in [2.24, 2.45) is 11.3 Å². The SMILES string of the molecule is CCn1c(-c2cc(CC3CN(C4CC4)C3)cnc2[C@H](C)OC)c(CC(C)(C)CO)c2cc(Br)ccc21. The molecule has 1 aliphatic carbocycles. The minimum atomic E-state index is -0.236. The molecule has 2 aliphatic rings. The summed E-state index contributed by atoms with van der Waals surface area (Å²) in [5, 5.41) is 11.4. The van der Waals surface area contributed by atoms with Gasteiger partial charge in [-0.05, 0) is 86.3 Å². The van der Waals surface area contributed by atoms with Crippen molar-refractivity contribution in [1.29, 1.82) is 0 Å². The van der Waals surface area contributed by atoms with Gasteiger partial charge in [0.15, 0.2) is 0 Å². The number of nitrogens with zero attached hydrogens (tertiary/aromatic N) is 3. The first-order chi connectivity index (χ1) is 17.2. The number of pyridine rings is 1. The summed E-state index contributed by atoms with van der Waals surface area (Å²) in [7, 11) is 1.76. The Kier molecular flexibility index (Phi) is 7.34. The van der Waals surface area contributed by atoms with E-state index in [0.29, 0.717) is 5.92 Å². The van der Waals surface area contributed by atoms with Crippen LogP contribution in [0.4, 0.5) is 0 Å². The second-order valence-corrected chi connectivity index (χ2v) is 12.6. The van der Waals surface area contributed by atoms with E-state index < -0.39 is 0 Å². The fourth-order valence-electron chi connectivity index (χ4n) is 5.81. The number of aliphatic hydroxyl groups is 1. The summed E-state index contributed by atoms with van der Waals surface area (Å²) in [4.78, 5) is 7.66. The minimum absolute atomic E-state index is 0.114. The topological polar surface area (TPSA) is 50.5 Å². The highest BCUT2D eigenvalue weighted by Gasteiger charge is 2.38. The number of aliphatic hydroxyl groups excluding tert-OH is 1. The van der Waals surface area contributed by atoms with Crippen molar-refractivity contribution in [1.82, 2.24) is 14.5 Å². The molecule has 194 valence electrons. The molecule has 1 saturated carbocycles. The summed E-state index contributed by atoms with van der Waals surface area (Å²) >= 11 is 3.70. The molecular formula is C30H40BrN3O2. The maximum atomic E-state index is 10.2. The van der Waals surface area contributed by atoms with Crippen LogP contribution in [0.25, 0.3) is 22.2 Å². The molecule has 0 bridgehead atoms. The highest BCUT2D eigenvalue weighted by Crippen LogP contribution is 2.42. The third-order valence-electron chi connectivity index (χ3n) is 8.07. The van der Waals surface area contributed by atoms with Crippen LogP contribution in [0.5, 0.6) is 0 Å². The second-order valence-electron chi connectivity index (χ2n) is 11.6. The molecule has 1 aromatic carbocycles.